The minimum absolute atomic E-state index is 0.0305. The summed E-state index contributed by atoms with van der Waals surface area (Å²) in [5, 5.41) is 0. The number of halogens is 3. The molecule has 0 aliphatic rings. The van der Waals surface area contributed by atoms with Gasteiger partial charge in [0.1, 0.15) is 0 Å². The van der Waals surface area contributed by atoms with Crippen molar-refractivity contribution in [3.8, 4) is 11.3 Å². The van der Waals surface area contributed by atoms with Gasteiger partial charge in [-0.25, -0.2) is 4.85 Å². The second-order valence-corrected chi connectivity index (χ2v) is 7.12. The quantitative estimate of drug-likeness (QED) is 0.455. The van der Waals surface area contributed by atoms with Crippen LogP contribution in [0.1, 0.15) is 29.2 Å². The van der Waals surface area contributed by atoms with Gasteiger partial charge in [0, 0.05) is 18.8 Å². The van der Waals surface area contributed by atoms with Crippen molar-refractivity contribution in [1.29, 1.82) is 0 Å². The molecule has 7 heteroatoms. The van der Waals surface area contributed by atoms with Gasteiger partial charge in [0.25, 0.3) is 11.2 Å². The standard InChI is InChI=1S/C24H21F3N2O2/c1-4-31-15-18-9-6-8-17(12-18)14-29-21(19-10-5-7-16(2)11-19)13-20(24(25,26)27)22(28-3)23(29)30/h5-13H,4,14-15H2,1-2H3. The second kappa shape index (κ2) is 9.19. The monoisotopic (exact) mass is 426 g/mol. The Labute approximate surface area is 178 Å². The summed E-state index contributed by atoms with van der Waals surface area (Å²) in [5.41, 5.74) is -0.0479. The Hall–Kier alpha value is -3.37. The maximum Gasteiger partial charge on any atom is 0.407 e. The molecule has 0 spiro atoms. The van der Waals surface area contributed by atoms with E-state index in [1.807, 2.05) is 32.0 Å². The number of aryl methyl sites for hydroxylation is 1. The van der Waals surface area contributed by atoms with E-state index in [0.717, 1.165) is 22.8 Å². The molecule has 3 aromatic rings. The fourth-order valence-electron chi connectivity index (χ4n) is 3.38. The summed E-state index contributed by atoms with van der Waals surface area (Å²) in [4.78, 5) is 16.0. The lowest BCUT2D eigenvalue weighted by atomic mass is 10.0. The van der Waals surface area contributed by atoms with Crippen LogP contribution in [0.2, 0.25) is 0 Å². The normalized spacial score (nSPS) is 11.4. The maximum absolute atomic E-state index is 13.6. The first-order valence-corrected chi connectivity index (χ1v) is 9.69. The van der Waals surface area contributed by atoms with E-state index < -0.39 is 23.0 Å². The van der Waals surface area contributed by atoms with Gasteiger partial charge in [0.05, 0.1) is 18.7 Å². The number of hydrogen-bond donors (Lipinski definition) is 0. The molecule has 31 heavy (non-hydrogen) atoms. The fourth-order valence-corrected chi connectivity index (χ4v) is 3.38. The third kappa shape index (κ3) is 5.04. The van der Waals surface area contributed by atoms with Gasteiger partial charge >= 0.3 is 6.18 Å². The van der Waals surface area contributed by atoms with E-state index in [1.165, 1.54) is 4.57 Å². The highest BCUT2D eigenvalue weighted by molar-refractivity contribution is 5.66. The van der Waals surface area contributed by atoms with Gasteiger partial charge in [-0.15, -0.1) is 0 Å². The first kappa shape index (κ1) is 22.3. The van der Waals surface area contributed by atoms with E-state index >= 15 is 0 Å². The fraction of sp³-hybridized carbons (Fsp3) is 0.250. The molecule has 3 rings (SSSR count). The zero-order valence-electron chi connectivity index (χ0n) is 17.2. The van der Waals surface area contributed by atoms with Crippen molar-refractivity contribution in [3.05, 3.63) is 98.6 Å². The minimum Gasteiger partial charge on any atom is -0.377 e. The van der Waals surface area contributed by atoms with Gasteiger partial charge < -0.3 is 9.30 Å². The highest BCUT2D eigenvalue weighted by atomic mass is 19.4. The average Bonchev–Trinajstić information content (AvgIpc) is 2.73. The van der Waals surface area contributed by atoms with Crippen molar-refractivity contribution in [2.24, 2.45) is 0 Å². The predicted molar refractivity (Wildman–Crippen MR) is 113 cm³/mol. The maximum atomic E-state index is 13.6. The number of rotatable bonds is 6. The molecule has 0 aliphatic carbocycles. The van der Waals surface area contributed by atoms with Gasteiger partial charge in [-0.05, 0) is 42.7 Å². The van der Waals surface area contributed by atoms with E-state index in [2.05, 4.69) is 4.85 Å². The molecule has 1 aromatic heterocycles. The van der Waals surface area contributed by atoms with E-state index in [-0.39, 0.29) is 12.2 Å². The van der Waals surface area contributed by atoms with Crippen LogP contribution < -0.4 is 5.56 Å². The van der Waals surface area contributed by atoms with Crippen LogP contribution in [0.5, 0.6) is 0 Å². The Morgan fingerprint density at radius 2 is 1.77 bits per heavy atom. The topological polar surface area (TPSA) is 35.6 Å². The van der Waals surface area contributed by atoms with Gasteiger partial charge in [-0.3, -0.25) is 4.79 Å². The summed E-state index contributed by atoms with van der Waals surface area (Å²) in [6.07, 6.45) is -4.81. The number of alkyl halides is 3. The van der Waals surface area contributed by atoms with Crippen LogP contribution in [0.3, 0.4) is 0 Å². The first-order chi connectivity index (χ1) is 14.7. The van der Waals surface area contributed by atoms with E-state index in [0.29, 0.717) is 18.8 Å². The average molecular weight is 426 g/mol. The molecule has 0 atom stereocenters. The van der Waals surface area contributed by atoms with Crippen LogP contribution in [-0.4, -0.2) is 11.2 Å². The van der Waals surface area contributed by atoms with E-state index in [9.17, 15) is 18.0 Å². The minimum atomic E-state index is -4.81. The molecule has 0 saturated heterocycles. The SMILES string of the molecule is [C-]#[N+]c1c(C(F)(F)F)cc(-c2cccc(C)c2)n(Cc2cccc(COCC)c2)c1=O. The van der Waals surface area contributed by atoms with Crippen molar-refractivity contribution in [1.82, 2.24) is 4.57 Å². The predicted octanol–water partition coefficient (Wildman–Crippen LogP) is 5.98. The van der Waals surface area contributed by atoms with Crippen molar-refractivity contribution in [2.75, 3.05) is 6.61 Å². The van der Waals surface area contributed by atoms with Crippen molar-refractivity contribution < 1.29 is 17.9 Å². The Morgan fingerprint density at radius 3 is 2.42 bits per heavy atom. The first-order valence-electron chi connectivity index (χ1n) is 9.69. The zero-order valence-corrected chi connectivity index (χ0v) is 17.2. The second-order valence-electron chi connectivity index (χ2n) is 7.12. The van der Waals surface area contributed by atoms with Crippen LogP contribution in [-0.2, 0) is 24.1 Å². The molecule has 0 bridgehead atoms. The van der Waals surface area contributed by atoms with Crippen molar-refractivity contribution >= 4 is 5.69 Å². The third-order valence-corrected chi connectivity index (χ3v) is 4.81. The summed E-state index contributed by atoms with van der Waals surface area (Å²) < 4.78 is 47.5. The molecular formula is C24H21F3N2O2. The number of ether oxygens (including phenoxy) is 1. The highest BCUT2D eigenvalue weighted by Crippen LogP contribution is 2.37. The Bertz CT molecular complexity index is 1190. The number of nitrogens with zero attached hydrogens (tertiary/aromatic N) is 2. The van der Waals surface area contributed by atoms with E-state index in [1.54, 1.807) is 30.3 Å². The molecule has 0 unspecified atom stereocenters. The highest BCUT2D eigenvalue weighted by Gasteiger charge is 2.36. The number of aromatic nitrogens is 1. The summed E-state index contributed by atoms with van der Waals surface area (Å²) in [7, 11) is 0. The molecule has 0 radical (unpaired) electrons. The summed E-state index contributed by atoms with van der Waals surface area (Å²) >= 11 is 0. The molecule has 4 nitrogen and oxygen atoms in total. The Balaban J connectivity index is 2.21. The van der Waals surface area contributed by atoms with Crippen molar-refractivity contribution in [3.63, 3.8) is 0 Å². The largest absolute Gasteiger partial charge is 0.407 e. The Morgan fingerprint density at radius 1 is 1.06 bits per heavy atom. The summed E-state index contributed by atoms with van der Waals surface area (Å²) in [5.74, 6) is 0. The van der Waals surface area contributed by atoms with Crippen LogP contribution in [0.25, 0.3) is 16.1 Å². The van der Waals surface area contributed by atoms with Crippen molar-refractivity contribution in [2.45, 2.75) is 33.2 Å². The van der Waals surface area contributed by atoms with Gasteiger partial charge in [0.15, 0.2) is 0 Å². The third-order valence-electron chi connectivity index (χ3n) is 4.81. The lowest BCUT2D eigenvalue weighted by Gasteiger charge is -2.18. The van der Waals surface area contributed by atoms with Gasteiger partial charge in [-0.2, -0.15) is 13.2 Å². The summed E-state index contributed by atoms with van der Waals surface area (Å²) in [6, 6.07) is 15.1. The van der Waals surface area contributed by atoms with Crippen LogP contribution in [0.15, 0.2) is 59.4 Å². The molecule has 0 amide bonds. The lowest BCUT2D eigenvalue weighted by Crippen LogP contribution is -2.25. The number of benzene rings is 2. The van der Waals surface area contributed by atoms with Crippen LogP contribution in [0.4, 0.5) is 18.9 Å². The molecule has 2 aromatic carbocycles. The molecule has 0 aliphatic heterocycles. The Kier molecular flexibility index (Phi) is 6.62. The lowest BCUT2D eigenvalue weighted by molar-refractivity contribution is -0.136. The molecule has 0 N–H and O–H groups in total. The number of hydrogen-bond acceptors (Lipinski definition) is 2. The van der Waals surface area contributed by atoms with Gasteiger partial charge in [-0.1, -0.05) is 48.0 Å². The molecule has 160 valence electrons. The van der Waals surface area contributed by atoms with Crippen LogP contribution in [0, 0.1) is 13.5 Å². The van der Waals surface area contributed by atoms with Gasteiger partial charge in [0.2, 0.25) is 0 Å². The molecular weight excluding hydrogens is 405 g/mol. The molecule has 0 saturated carbocycles. The number of pyridine rings is 1. The summed E-state index contributed by atoms with van der Waals surface area (Å²) in [6.45, 7) is 11.9. The van der Waals surface area contributed by atoms with E-state index in [4.69, 9.17) is 11.3 Å². The molecule has 1 heterocycles. The van der Waals surface area contributed by atoms with Crippen LogP contribution >= 0.6 is 0 Å². The smallest absolute Gasteiger partial charge is 0.377 e. The zero-order chi connectivity index (χ0) is 22.6. The molecule has 0 fully saturated rings.